The molecule has 3 aromatic heterocycles. The molecule has 1 aliphatic rings. The molecule has 1 fully saturated rings. The molecule has 1 saturated heterocycles. The van der Waals surface area contributed by atoms with Crippen LogP contribution in [0, 0.1) is 0 Å². The second-order valence-corrected chi connectivity index (χ2v) is 7.99. The Morgan fingerprint density at radius 1 is 1.04 bits per heavy atom. The molecule has 0 N–H and O–H groups in total. The van der Waals surface area contributed by atoms with E-state index in [2.05, 4.69) is 51.0 Å². The van der Waals surface area contributed by atoms with Gasteiger partial charge in [-0.1, -0.05) is 29.5 Å². The molecule has 6 heteroatoms. The summed E-state index contributed by atoms with van der Waals surface area (Å²) in [5.41, 5.74) is 2.16. The van der Waals surface area contributed by atoms with Crippen LogP contribution < -0.4 is 4.90 Å². The number of hydrogen-bond donors (Lipinski definition) is 0. The number of aromatic nitrogens is 4. The van der Waals surface area contributed by atoms with E-state index in [9.17, 15) is 0 Å². The van der Waals surface area contributed by atoms with Gasteiger partial charge in [-0.3, -0.25) is 4.98 Å². The van der Waals surface area contributed by atoms with Gasteiger partial charge in [0.1, 0.15) is 5.82 Å². The molecule has 0 spiro atoms. The Morgan fingerprint density at radius 3 is 2.85 bits per heavy atom. The third-order valence-corrected chi connectivity index (χ3v) is 6.24. The zero-order valence-electron chi connectivity index (χ0n) is 15.0. The first-order valence-corrected chi connectivity index (χ1v) is 10.2. The molecule has 5 rings (SSSR count). The first-order valence-electron chi connectivity index (χ1n) is 9.38. The van der Waals surface area contributed by atoms with Crippen molar-refractivity contribution in [2.75, 3.05) is 18.0 Å². The number of piperidine rings is 1. The lowest BCUT2D eigenvalue weighted by molar-refractivity contribution is 0.475. The number of fused-ring (bicyclic) bond motifs is 1. The average Bonchev–Trinajstić information content (AvgIpc) is 3.36. The van der Waals surface area contributed by atoms with E-state index in [4.69, 9.17) is 9.97 Å². The predicted molar refractivity (Wildman–Crippen MR) is 109 cm³/mol. The lowest BCUT2D eigenvalue weighted by atomic mass is 9.97. The van der Waals surface area contributed by atoms with Crippen molar-refractivity contribution in [2.24, 2.45) is 0 Å². The smallest absolute Gasteiger partial charge is 0.186 e. The minimum absolute atomic E-state index is 0.421. The first kappa shape index (κ1) is 16.4. The molecule has 4 heterocycles. The van der Waals surface area contributed by atoms with E-state index >= 15 is 0 Å². The van der Waals surface area contributed by atoms with Crippen molar-refractivity contribution in [2.45, 2.75) is 25.3 Å². The Balaban J connectivity index is 1.38. The molecule has 1 aromatic carbocycles. The summed E-state index contributed by atoms with van der Waals surface area (Å²) >= 11 is 1.79. The summed E-state index contributed by atoms with van der Waals surface area (Å²) in [5.74, 6) is 1.58. The van der Waals surface area contributed by atoms with E-state index in [1.165, 1.54) is 11.1 Å². The highest BCUT2D eigenvalue weighted by molar-refractivity contribution is 7.22. The molecule has 4 aromatic rings. The van der Waals surface area contributed by atoms with Gasteiger partial charge in [-0.05, 0) is 37.1 Å². The molecular weight excluding hydrogens is 354 g/mol. The number of rotatable bonds is 4. The summed E-state index contributed by atoms with van der Waals surface area (Å²) in [4.78, 5) is 16.4. The molecule has 0 radical (unpaired) electrons. The Kier molecular flexibility index (Phi) is 4.33. The van der Waals surface area contributed by atoms with Crippen LogP contribution in [-0.2, 0) is 6.54 Å². The van der Waals surface area contributed by atoms with Crippen molar-refractivity contribution in [1.29, 1.82) is 0 Å². The standard InChI is InChI=1S/C21H21N5S/c1-2-9-19-18(8-1)24-21(27-19)26-12-5-6-16(14-26)20-23-11-13-25(20)15-17-7-3-4-10-22-17/h1-4,7-11,13,16H,5-6,12,14-15H2/t16-/m0/s1. The van der Waals surface area contributed by atoms with E-state index in [0.29, 0.717) is 5.92 Å². The molecule has 0 aliphatic carbocycles. The van der Waals surface area contributed by atoms with Crippen LogP contribution >= 0.6 is 11.3 Å². The van der Waals surface area contributed by atoms with Crippen molar-refractivity contribution >= 4 is 26.7 Å². The second kappa shape index (κ2) is 7.12. The van der Waals surface area contributed by atoms with Crippen molar-refractivity contribution in [1.82, 2.24) is 19.5 Å². The molecule has 136 valence electrons. The maximum atomic E-state index is 4.85. The summed E-state index contributed by atoms with van der Waals surface area (Å²) in [7, 11) is 0. The maximum absolute atomic E-state index is 4.85. The number of para-hydroxylation sites is 1. The number of thiazole rings is 1. The monoisotopic (exact) mass is 375 g/mol. The van der Waals surface area contributed by atoms with Gasteiger partial charge in [0.05, 0.1) is 22.5 Å². The van der Waals surface area contributed by atoms with E-state index in [1.807, 2.05) is 24.5 Å². The molecule has 1 aliphatic heterocycles. The number of nitrogens with zero attached hydrogens (tertiary/aromatic N) is 5. The Hall–Kier alpha value is -2.73. The Labute approximate surface area is 162 Å². The highest BCUT2D eigenvalue weighted by atomic mass is 32.1. The number of anilines is 1. The topological polar surface area (TPSA) is 46.8 Å². The fourth-order valence-corrected chi connectivity index (χ4v) is 4.84. The van der Waals surface area contributed by atoms with Gasteiger partial charge < -0.3 is 9.47 Å². The molecular formula is C21H21N5S. The average molecular weight is 376 g/mol. The van der Waals surface area contributed by atoms with Gasteiger partial charge in [0.2, 0.25) is 0 Å². The van der Waals surface area contributed by atoms with Gasteiger partial charge in [-0.25, -0.2) is 9.97 Å². The van der Waals surface area contributed by atoms with Crippen molar-refractivity contribution in [3.8, 4) is 0 Å². The first-order chi connectivity index (χ1) is 13.4. The minimum atomic E-state index is 0.421. The van der Waals surface area contributed by atoms with Gasteiger partial charge in [0.15, 0.2) is 5.13 Å². The van der Waals surface area contributed by atoms with Crippen LogP contribution in [0.4, 0.5) is 5.13 Å². The SMILES string of the molecule is c1ccc(Cn2ccnc2[C@H]2CCCN(c3nc4ccccc4s3)C2)nc1. The summed E-state index contributed by atoms with van der Waals surface area (Å²) in [6, 6.07) is 14.4. The van der Waals surface area contributed by atoms with Crippen LogP contribution in [0.1, 0.15) is 30.3 Å². The second-order valence-electron chi connectivity index (χ2n) is 6.98. The highest BCUT2D eigenvalue weighted by Gasteiger charge is 2.26. The van der Waals surface area contributed by atoms with E-state index in [1.54, 1.807) is 11.3 Å². The third-order valence-electron chi connectivity index (χ3n) is 5.15. The minimum Gasteiger partial charge on any atom is -0.347 e. The number of benzene rings is 1. The van der Waals surface area contributed by atoms with Crippen molar-refractivity contribution in [3.05, 3.63) is 72.6 Å². The highest BCUT2D eigenvalue weighted by Crippen LogP contribution is 2.34. The Morgan fingerprint density at radius 2 is 1.96 bits per heavy atom. The summed E-state index contributed by atoms with van der Waals surface area (Å²) < 4.78 is 3.50. The van der Waals surface area contributed by atoms with E-state index in [-0.39, 0.29) is 0 Å². The van der Waals surface area contributed by atoms with E-state index in [0.717, 1.165) is 48.2 Å². The molecule has 27 heavy (non-hydrogen) atoms. The summed E-state index contributed by atoms with van der Waals surface area (Å²) in [6.45, 7) is 2.81. The van der Waals surface area contributed by atoms with Gasteiger partial charge in [-0.2, -0.15) is 0 Å². The molecule has 0 saturated carbocycles. The molecule has 0 bridgehead atoms. The molecule has 1 atom stereocenters. The number of imidazole rings is 1. The fourth-order valence-electron chi connectivity index (χ4n) is 3.84. The number of hydrogen-bond acceptors (Lipinski definition) is 5. The van der Waals surface area contributed by atoms with Crippen LogP contribution in [0.3, 0.4) is 0 Å². The maximum Gasteiger partial charge on any atom is 0.186 e. The zero-order valence-corrected chi connectivity index (χ0v) is 15.8. The number of pyridine rings is 1. The predicted octanol–water partition coefficient (Wildman–Crippen LogP) is 4.32. The van der Waals surface area contributed by atoms with Crippen molar-refractivity contribution in [3.63, 3.8) is 0 Å². The third kappa shape index (κ3) is 3.32. The zero-order chi connectivity index (χ0) is 18.1. The van der Waals surface area contributed by atoms with Crippen LogP contribution in [0.25, 0.3) is 10.2 Å². The van der Waals surface area contributed by atoms with Gasteiger partial charge in [0.25, 0.3) is 0 Å². The largest absolute Gasteiger partial charge is 0.347 e. The van der Waals surface area contributed by atoms with Gasteiger partial charge in [0, 0.05) is 37.6 Å². The molecule has 0 amide bonds. The van der Waals surface area contributed by atoms with Crippen molar-refractivity contribution < 1.29 is 0 Å². The summed E-state index contributed by atoms with van der Waals surface area (Å²) in [6.07, 6.45) is 8.16. The normalized spacial score (nSPS) is 17.5. The fraction of sp³-hybridized carbons (Fsp3) is 0.286. The quantitative estimate of drug-likeness (QED) is 0.533. The lowest BCUT2D eigenvalue weighted by Crippen LogP contribution is -2.35. The van der Waals surface area contributed by atoms with Crippen LogP contribution in [0.2, 0.25) is 0 Å². The molecule has 5 nitrogen and oxygen atoms in total. The Bertz CT molecular complexity index is 1010. The molecule has 0 unspecified atom stereocenters. The van der Waals surface area contributed by atoms with Gasteiger partial charge in [-0.15, -0.1) is 0 Å². The van der Waals surface area contributed by atoms with Gasteiger partial charge >= 0.3 is 0 Å². The lowest BCUT2D eigenvalue weighted by Gasteiger charge is -2.32. The van der Waals surface area contributed by atoms with E-state index < -0.39 is 0 Å². The van der Waals surface area contributed by atoms with Crippen LogP contribution in [-0.4, -0.2) is 32.6 Å². The summed E-state index contributed by atoms with van der Waals surface area (Å²) in [5, 5.41) is 1.13. The van der Waals surface area contributed by atoms with Crippen LogP contribution in [0.15, 0.2) is 61.1 Å². The van der Waals surface area contributed by atoms with Crippen LogP contribution in [0.5, 0.6) is 0 Å².